The number of rotatable bonds is 2. The Morgan fingerprint density at radius 1 is 1.57 bits per heavy atom. The summed E-state index contributed by atoms with van der Waals surface area (Å²) in [6.07, 6.45) is 1.60. The molecule has 0 amide bonds. The van der Waals surface area contributed by atoms with Crippen LogP contribution in [0, 0.1) is 0 Å². The molecular weight excluding hydrogens is 202 g/mol. The number of hydrogen-bond acceptors (Lipinski definition) is 3. The largest absolute Gasteiger partial charge is 0.356 e. The zero-order valence-corrected chi connectivity index (χ0v) is 8.41. The summed E-state index contributed by atoms with van der Waals surface area (Å²) in [7, 11) is 1.59. The van der Waals surface area contributed by atoms with E-state index in [9.17, 15) is 0 Å². The maximum absolute atomic E-state index is 9.05. The second-order valence-electron chi connectivity index (χ2n) is 3.20. The fraction of sp³-hybridized carbons (Fsp3) is 0.222. The highest BCUT2D eigenvalue weighted by Gasteiger charge is 2.03. The Bertz CT molecular complexity index is 452. The van der Waals surface area contributed by atoms with Gasteiger partial charge in [0.05, 0.1) is 22.6 Å². The van der Waals surface area contributed by atoms with Crippen molar-refractivity contribution in [3.8, 4) is 0 Å². The van der Waals surface area contributed by atoms with Crippen molar-refractivity contribution < 1.29 is 5.21 Å². The molecule has 0 radical (unpaired) electrons. The Kier molecular flexibility index (Phi) is 2.41. The predicted octanol–water partition coefficient (Wildman–Crippen LogP) is 2.04. The van der Waals surface area contributed by atoms with E-state index in [-0.39, 0.29) is 0 Å². The Morgan fingerprint density at radius 3 is 3.07 bits per heavy atom. The second-order valence-corrected chi connectivity index (χ2v) is 3.63. The van der Waals surface area contributed by atoms with Gasteiger partial charge < -0.3 is 10.2 Å². The van der Waals surface area contributed by atoms with Crippen molar-refractivity contribution in [1.29, 1.82) is 0 Å². The first-order valence-corrected chi connectivity index (χ1v) is 4.56. The maximum Gasteiger partial charge on any atom is 0.0883 e. The van der Waals surface area contributed by atoms with E-state index in [4.69, 9.17) is 16.8 Å². The van der Waals surface area contributed by atoms with Crippen LogP contribution in [0.3, 0.4) is 0 Å². The third kappa shape index (κ3) is 1.87. The van der Waals surface area contributed by atoms with E-state index in [1.54, 1.807) is 13.2 Å². The zero-order chi connectivity index (χ0) is 10.1. The van der Waals surface area contributed by atoms with Crippen molar-refractivity contribution in [2.45, 2.75) is 6.54 Å². The van der Waals surface area contributed by atoms with E-state index < -0.39 is 0 Å². The van der Waals surface area contributed by atoms with Crippen LogP contribution in [0.5, 0.6) is 0 Å². The Hall–Kier alpha value is -1.10. The standard InChI is InChI=1S/C9H10ClN3O/c1-13(14)5-7-3-8-9(12-7)2-6(10)4-11-8/h2-4,12,14H,5H2,1H3. The fourth-order valence-corrected chi connectivity index (χ4v) is 1.53. The maximum atomic E-state index is 9.05. The van der Waals surface area contributed by atoms with Crippen molar-refractivity contribution in [3.63, 3.8) is 0 Å². The van der Waals surface area contributed by atoms with Gasteiger partial charge in [-0.2, -0.15) is 5.06 Å². The summed E-state index contributed by atoms with van der Waals surface area (Å²) in [6, 6.07) is 3.70. The van der Waals surface area contributed by atoms with Crippen molar-refractivity contribution in [2.75, 3.05) is 7.05 Å². The third-order valence-corrected chi connectivity index (χ3v) is 2.10. The minimum atomic E-state index is 0.438. The lowest BCUT2D eigenvalue weighted by Gasteiger charge is -2.04. The Balaban J connectivity index is 2.41. The molecule has 2 aromatic rings. The first kappa shape index (κ1) is 9.45. The average molecular weight is 212 g/mol. The lowest BCUT2D eigenvalue weighted by molar-refractivity contribution is -0.0739. The number of pyridine rings is 1. The van der Waals surface area contributed by atoms with Crippen molar-refractivity contribution in [3.05, 3.63) is 29.0 Å². The molecule has 4 nitrogen and oxygen atoms in total. The molecule has 0 fully saturated rings. The van der Waals surface area contributed by atoms with Crippen LogP contribution in [-0.4, -0.2) is 27.3 Å². The molecule has 14 heavy (non-hydrogen) atoms. The molecule has 0 saturated carbocycles. The molecule has 2 rings (SSSR count). The molecule has 0 aliphatic rings. The first-order valence-electron chi connectivity index (χ1n) is 4.18. The van der Waals surface area contributed by atoms with Crippen LogP contribution < -0.4 is 0 Å². The molecule has 2 N–H and O–H groups in total. The minimum absolute atomic E-state index is 0.438. The molecule has 0 saturated heterocycles. The summed E-state index contributed by atoms with van der Waals surface area (Å²) >= 11 is 5.79. The van der Waals surface area contributed by atoms with E-state index in [1.165, 1.54) is 0 Å². The van der Waals surface area contributed by atoms with Crippen LogP contribution in [-0.2, 0) is 6.54 Å². The fourth-order valence-electron chi connectivity index (χ4n) is 1.37. The van der Waals surface area contributed by atoms with Crippen LogP contribution in [0.1, 0.15) is 5.69 Å². The van der Waals surface area contributed by atoms with E-state index in [0.717, 1.165) is 21.8 Å². The third-order valence-electron chi connectivity index (χ3n) is 1.89. The molecule has 2 heterocycles. The van der Waals surface area contributed by atoms with Gasteiger partial charge in [-0.3, -0.25) is 4.98 Å². The summed E-state index contributed by atoms with van der Waals surface area (Å²) in [5.41, 5.74) is 2.64. The van der Waals surface area contributed by atoms with Gasteiger partial charge >= 0.3 is 0 Å². The molecular formula is C9H10ClN3O. The highest BCUT2D eigenvalue weighted by Crippen LogP contribution is 2.17. The summed E-state index contributed by atoms with van der Waals surface area (Å²) < 4.78 is 0. The Morgan fingerprint density at radius 2 is 2.36 bits per heavy atom. The molecule has 0 bridgehead atoms. The number of fused-ring (bicyclic) bond motifs is 1. The number of nitrogens with one attached hydrogen (secondary N) is 1. The van der Waals surface area contributed by atoms with Crippen molar-refractivity contribution >= 4 is 22.6 Å². The van der Waals surface area contributed by atoms with E-state index >= 15 is 0 Å². The number of aromatic nitrogens is 2. The molecule has 74 valence electrons. The summed E-state index contributed by atoms with van der Waals surface area (Å²) in [4.78, 5) is 7.26. The van der Waals surface area contributed by atoms with Gasteiger partial charge in [-0.1, -0.05) is 11.6 Å². The van der Waals surface area contributed by atoms with Gasteiger partial charge in [0.15, 0.2) is 0 Å². The molecule has 0 atom stereocenters. The van der Waals surface area contributed by atoms with Gasteiger partial charge in [0.25, 0.3) is 0 Å². The Labute approximate surface area is 86.1 Å². The van der Waals surface area contributed by atoms with Crippen LogP contribution in [0.4, 0.5) is 0 Å². The lowest BCUT2D eigenvalue weighted by atomic mass is 10.4. The SMILES string of the molecule is CN(O)Cc1cc2ncc(Cl)cc2[nH]1. The van der Waals surface area contributed by atoms with Gasteiger partial charge in [0.2, 0.25) is 0 Å². The zero-order valence-electron chi connectivity index (χ0n) is 7.66. The van der Waals surface area contributed by atoms with Crippen LogP contribution in [0.25, 0.3) is 11.0 Å². The van der Waals surface area contributed by atoms with Crippen molar-refractivity contribution in [2.24, 2.45) is 0 Å². The van der Waals surface area contributed by atoms with Gasteiger partial charge in [0, 0.05) is 18.9 Å². The van der Waals surface area contributed by atoms with Crippen LogP contribution >= 0.6 is 11.6 Å². The number of hydroxylamine groups is 2. The monoisotopic (exact) mass is 211 g/mol. The number of hydrogen-bond donors (Lipinski definition) is 2. The predicted molar refractivity (Wildman–Crippen MR) is 54.4 cm³/mol. The van der Waals surface area contributed by atoms with E-state index in [2.05, 4.69) is 9.97 Å². The topological polar surface area (TPSA) is 52.1 Å². The van der Waals surface area contributed by atoms with Gasteiger partial charge in [0.1, 0.15) is 0 Å². The van der Waals surface area contributed by atoms with Gasteiger partial charge in [-0.05, 0) is 12.1 Å². The number of halogens is 1. The smallest absolute Gasteiger partial charge is 0.0883 e. The van der Waals surface area contributed by atoms with E-state index in [1.807, 2.05) is 12.1 Å². The molecule has 0 aliphatic heterocycles. The van der Waals surface area contributed by atoms with Crippen LogP contribution in [0.2, 0.25) is 5.02 Å². The summed E-state index contributed by atoms with van der Waals surface area (Å²) in [6.45, 7) is 0.438. The summed E-state index contributed by atoms with van der Waals surface area (Å²) in [5.74, 6) is 0. The molecule has 0 aromatic carbocycles. The van der Waals surface area contributed by atoms with E-state index in [0.29, 0.717) is 11.6 Å². The molecule has 0 spiro atoms. The molecule has 0 aliphatic carbocycles. The first-order chi connectivity index (χ1) is 6.65. The second kappa shape index (κ2) is 3.57. The normalized spacial score (nSPS) is 11.4. The highest BCUT2D eigenvalue weighted by atomic mass is 35.5. The van der Waals surface area contributed by atoms with Crippen LogP contribution in [0.15, 0.2) is 18.3 Å². The quantitative estimate of drug-likeness (QED) is 0.748. The molecule has 0 unspecified atom stereocenters. The number of aromatic amines is 1. The average Bonchev–Trinajstić information content (AvgIpc) is 2.44. The minimum Gasteiger partial charge on any atom is -0.356 e. The van der Waals surface area contributed by atoms with Gasteiger partial charge in [-0.25, -0.2) is 0 Å². The molecule has 5 heteroatoms. The number of H-pyrrole nitrogens is 1. The number of nitrogens with zero attached hydrogens (tertiary/aromatic N) is 2. The van der Waals surface area contributed by atoms with Gasteiger partial charge in [-0.15, -0.1) is 0 Å². The highest BCUT2D eigenvalue weighted by molar-refractivity contribution is 6.31. The van der Waals surface area contributed by atoms with Crippen molar-refractivity contribution in [1.82, 2.24) is 15.0 Å². The summed E-state index contributed by atoms with van der Waals surface area (Å²) in [5, 5.41) is 10.8. The lowest BCUT2D eigenvalue weighted by Crippen LogP contribution is -2.11. The molecule has 2 aromatic heterocycles.